The van der Waals surface area contributed by atoms with E-state index in [1.807, 2.05) is 23.7 Å². The van der Waals surface area contributed by atoms with E-state index in [9.17, 15) is 18.7 Å². The molecule has 0 spiro atoms. The van der Waals surface area contributed by atoms with Crippen LogP contribution in [0.4, 0.5) is 8.78 Å². The van der Waals surface area contributed by atoms with Crippen molar-refractivity contribution in [3.05, 3.63) is 40.8 Å². The molecule has 0 unspecified atom stereocenters. The Morgan fingerprint density at radius 3 is 2.62 bits per heavy atom. The molecule has 1 atom stereocenters. The molecule has 0 aromatic carbocycles. The van der Waals surface area contributed by atoms with Gasteiger partial charge < -0.3 is 14.7 Å². The van der Waals surface area contributed by atoms with Crippen LogP contribution in [0.3, 0.4) is 0 Å². The molecule has 0 radical (unpaired) electrons. The first-order valence-electron chi connectivity index (χ1n) is 13.8. The van der Waals surface area contributed by atoms with Crippen molar-refractivity contribution >= 4 is 5.91 Å². The number of pyridine rings is 1. The number of rotatable bonds is 7. The molecule has 2 fully saturated rings. The molecule has 3 aliphatic rings. The number of hydrogen-bond acceptors (Lipinski definition) is 5. The van der Waals surface area contributed by atoms with Gasteiger partial charge in [0.2, 0.25) is 12.3 Å². The Balaban J connectivity index is 1.23. The van der Waals surface area contributed by atoms with E-state index in [4.69, 9.17) is 9.84 Å². The molecule has 9 heteroatoms. The highest BCUT2D eigenvalue weighted by molar-refractivity contribution is 5.94. The molecule has 2 aliphatic carbocycles. The number of likely N-dealkylation sites (tertiary alicyclic amines) is 1. The van der Waals surface area contributed by atoms with Crippen LogP contribution in [0.2, 0.25) is 0 Å². The molecule has 2 aromatic rings. The quantitative estimate of drug-likeness (QED) is 0.583. The van der Waals surface area contributed by atoms with E-state index in [1.54, 1.807) is 11.1 Å². The van der Waals surface area contributed by atoms with Crippen LogP contribution in [-0.4, -0.2) is 62.4 Å². The van der Waals surface area contributed by atoms with E-state index in [1.165, 1.54) is 0 Å². The van der Waals surface area contributed by atoms with Crippen LogP contribution in [0.15, 0.2) is 18.3 Å². The minimum atomic E-state index is -2.36. The number of fused-ring (bicyclic) bond motifs is 1. The van der Waals surface area contributed by atoms with Gasteiger partial charge in [-0.15, -0.1) is 0 Å². The first-order chi connectivity index (χ1) is 17.9. The minimum Gasteiger partial charge on any atom is -0.474 e. The molecule has 1 aliphatic heterocycles. The fourth-order valence-electron chi connectivity index (χ4n) is 6.09. The topological polar surface area (TPSA) is 80.5 Å². The number of ether oxygens (including phenoxy) is 1. The molecular formula is C28H38F2N4O3. The highest BCUT2D eigenvalue weighted by Gasteiger charge is 2.35. The van der Waals surface area contributed by atoms with Gasteiger partial charge in [-0.2, -0.15) is 5.10 Å². The zero-order valence-electron chi connectivity index (χ0n) is 21.6. The fourth-order valence-corrected chi connectivity index (χ4v) is 6.09. The first kappa shape index (κ1) is 26.1. The molecule has 202 valence electrons. The van der Waals surface area contributed by atoms with Gasteiger partial charge in [-0.3, -0.25) is 9.48 Å². The van der Waals surface area contributed by atoms with Gasteiger partial charge in [-0.05, 0) is 83.1 Å². The number of nitrogens with zero attached hydrogens (tertiary/aromatic N) is 4. The van der Waals surface area contributed by atoms with Crippen LogP contribution in [0.1, 0.15) is 78.7 Å². The standard InChI is InChI=1S/C28H38F2N4O3/c1-18-3-2-13-31-27(18)37-22-7-4-19(5-8-22)10-16-34-24-17-20(26(29)30)6-9-23(24)25(32-34)28(36)33-14-11-21(35)12-15-33/h2-3,13,19-22,26,35H,4-12,14-17H2,1H3/t19?,20-,22?/m1/s1. The zero-order chi connectivity index (χ0) is 25.9. The third kappa shape index (κ3) is 5.97. The first-order valence-corrected chi connectivity index (χ1v) is 13.8. The number of hydrogen-bond donors (Lipinski definition) is 1. The number of aliphatic hydroxyl groups excluding tert-OH is 1. The Bertz CT molecular complexity index is 1080. The molecule has 37 heavy (non-hydrogen) atoms. The molecule has 0 bridgehead atoms. The molecule has 2 aromatic heterocycles. The van der Waals surface area contributed by atoms with Crippen molar-refractivity contribution in [2.75, 3.05) is 13.1 Å². The number of aliphatic hydroxyl groups is 1. The number of alkyl halides is 2. The van der Waals surface area contributed by atoms with Crippen molar-refractivity contribution in [1.82, 2.24) is 19.7 Å². The largest absolute Gasteiger partial charge is 0.474 e. The molecule has 1 saturated carbocycles. The summed E-state index contributed by atoms with van der Waals surface area (Å²) in [6, 6.07) is 3.91. The Hall–Kier alpha value is -2.55. The maximum atomic E-state index is 13.6. The normalized spacial score (nSPS) is 24.8. The number of carbonyl (C=O) groups is 1. The summed E-state index contributed by atoms with van der Waals surface area (Å²) in [5, 5.41) is 14.5. The van der Waals surface area contributed by atoms with E-state index in [0.717, 1.165) is 48.9 Å². The maximum absolute atomic E-state index is 13.6. The number of aromatic nitrogens is 3. The zero-order valence-corrected chi connectivity index (χ0v) is 21.6. The average molecular weight is 517 g/mol. The van der Waals surface area contributed by atoms with E-state index in [-0.39, 0.29) is 24.5 Å². The van der Waals surface area contributed by atoms with Crippen molar-refractivity contribution in [3.8, 4) is 5.88 Å². The second-order valence-corrected chi connectivity index (χ2v) is 11.0. The summed E-state index contributed by atoms with van der Waals surface area (Å²) < 4.78 is 35.2. The van der Waals surface area contributed by atoms with Crippen LogP contribution in [0.5, 0.6) is 5.88 Å². The van der Waals surface area contributed by atoms with Gasteiger partial charge in [0.25, 0.3) is 5.91 Å². The lowest BCUT2D eigenvalue weighted by molar-refractivity contribution is 0.0539. The van der Waals surface area contributed by atoms with Gasteiger partial charge in [-0.25, -0.2) is 13.8 Å². The summed E-state index contributed by atoms with van der Waals surface area (Å²) >= 11 is 0. The smallest absolute Gasteiger partial charge is 0.274 e. The third-order valence-electron chi connectivity index (χ3n) is 8.48. The van der Waals surface area contributed by atoms with Gasteiger partial charge in [-0.1, -0.05) is 6.07 Å². The Labute approximate surface area is 217 Å². The van der Waals surface area contributed by atoms with Crippen molar-refractivity contribution in [3.63, 3.8) is 0 Å². The van der Waals surface area contributed by atoms with Gasteiger partial charge in [0.1, 0.15) is 6.10 Å². The summed E-state index contributed by atoms with van der Waals surface area (Å²) in [4.78, 5) is 19.4. The van der Waals surface area contributed by atoms with E-state index >= 15 is 0 Å². The molecule has 3 heterocycles. The predicted molar refractivity (Wildman–Crippen MR) is 135 cm³/mol. The lowest BCUT2D eigenvalue weighted by Crippen LogP contribution is -2.40. The SMILES string of the molecule is Cc1cccnc1OC1CCC(CCn2nc(C(=O)N3CCC(O)CC3)c3c2C[C@H](C(F)F)CC3)CC1. The van der Waals surface area contributed by atoms with Crippen LogP contribution in [0.25, 0.3) is 0 Å². The van der Waals surface area contributed by atoms with Crippen molar-refractivity contribution < 1.29 is 23.4 Å². The molecule has 1 amide bonds. The number of piperidine rings is 1. The number of carbonyl (C=O) groups excluding carboxylic acids is 1. The fraction of sp³-hybridized carbons (Fsp3) is 0.679. The summed E-state index contributed by atoms with van der Waals surface area (Å²) in [6.07, 6.45) is 6.38. The lowest BCUT2D eigenvalue weighted by Gasteiger charge is -2.29. The van der Waals surface area contributed by atoms with Crippen LogP contribution < -0.4 is 4.74 Å². The second-order valence-electron chi connectivity index (χ2n) is 11.0. The van der Waals surface area contributed by atoms with Gasteiger partial charge in [0.15, 0.2) is 5.69 Å². The number of aryl methyl sites for hydroxylation is 2. The molecule has 5 rings (SSSR count). The van der Waals surface area contributed by atoms with Crippen molar-refractivity contribution in [1.29, 1.82) is 0 Å². The lowest BCUT2D eigenvalue weighted by atomic mass is 9.85. The van der Waals surface area contributed by atoms with E-state index in [2.05, 4.69) is 4.98 Å². The van der Waals surface area contributed by atoms with Crippen LogP contribution in [0, 0.1) is 18.8 Å². The summed E-state index contributed by atoms with van der Waals surface area (Å²) in [5.74, 6) is 0.420. The second kappa shape index (κ2) is 11.5. The average Bonchev–Trinajstić information content (AvgIpc) is 3.27. The molecule has 1 N–H and O–H groups in total. The number of amides is 1. The highest BCUT2D eigenvalue weighted by Crippen LogP contribution is 2.34. The van der Waals surface area contributed by atoms with E-state index < -0.39 is 12.3 Å². The minimum absolute atomic E-state index is 0.125. The molecule has 1 saturated heterocycles. The monoisotopic (exact) mass is 516 g/mol. The van der Waals surface area contributed by atoms with Gasteiger partial charge >= 0.3 is 0 Å². The predicted octanol–water partition coefficient (Wildman–Crippen LogP) is 4.58. The summed E-state index contributed by atoms with van der Waals surface area (Å²) in [5.41, 5.74) is 3.15. The van der Waals surface area contributed by atoms with Crippen molar-refractivity contribution in [2.24, 2.45) is 11.8 Å². The number of halogens is 2. The van der Waals surface area contributed by atoms with Crippen LogP contribution >= 0.6 is 0 Å². The Kier molecular flexibility index (Phi) is 8.07. The van der Waals surface area contributed by atoms with E-state index in [0.29, 0.717) is 62.8 Å². The third-order valence-corrected chi connectivity index (χ3v) is 8.48. The van der Waals surface area contributed by atoms with Crippen LogP contribution in [-0.2, 0) is 19.4 Å². The van der Waals surface area contributed by atoms with Gasteiger partial charge in [0.05, 0.1) is 6.10 Å². The van der Waals surface area contributed by atoms with Gasteiger partial charge in [0, 0.05) is 48.6 Å². The summed E-state index contributed by atoms with van der Waals surface area (Å²) in [6.45, 7) is 3.65. The van der Waals surface area contributed by atoms with Crippen molar-refractivity contribution in [2.45, 2.75) is 96.3 Å². The maximum Gasteiger partial charge on any atom is 0.274 e. The Morgan fingerprint density at radius 2 is 1.92 bits per heavy atom. The highest BCUT2D eigenvalue weighted by atomic mass is 19.3. The Morgan fingerprint density at radius 1 is 1.16 bits per heavy atom. The molecule has 7 nitrogen and oxygen atoms in total. The summed E-state index contributed by atoms with van der Waals surface area (Å²) in [7, 11) is 0. The molecular weight excluding hydrogens is 478 g/mol.